The minimum Gasteiger partial charge on any atom is -0.331 e. The Labute approximate surface area is 137 Å². The molecule has 2 aliphatic heterocycles. The van der Waals surface area contributed by atoms with Gasteiger partial charge in [0.25, 0.3) is 0 Å². The number of aryl methyl sites for hydroxylation is 1. The molecule has 6 heteroatoms. The third kappa shape index (κ3) is 2.63. The van der Waals surface area contributed by atoms with Crippen molar-refractivity contribution in [2.45, 2.75) is 56.7 Å². The van der Waals surface area contributed by atoms with Crippen LogP contribution in [0.3, 0.4) is 0 Å². The van der Waals surface area contributed by atoms with Gasteiger partial charge in [-0.3, -0.25) is 9.58 Å². The molecule has 1 N–H and O–H groups in total. The highest BCUT2D eigenvalue weighted by Gasteiger charge is 2.36. The minimum atomic E-state index is 0.104. The van der Waals surface area contributed by atoms with Gasteiger partial charge in [-0.2, -0.15) is 5.10 Å². The number of nitrogens with zero attached hydrogens (tertiary/aromatic N) is 4. The molecule has 2 saturated heterocycles. The predicted molar refractivity (Wildman–Crippen MR) is 88.2 cm³/mol. The molecule has 126 valence electrons. The van der Waals surface area contributed by atoms with Crippen molar-refractivity contribution >= 4 is 6.03 Å². The molecule has 0 unspecified atom stereocenters. The zero-order valence-corrected chi connectivity index (χ0v) is 14.2. The van der Waals surface area contributed by atoms with Crippen LogP contribution in [0.1, 0.15) is 49.4 Å². The van der Waals surface area contributed by atoms with Gasteiger partial charge < -0.3 is 10.2 Å². The Morgan fingerprint density at radius 1 is 1.22 bits per heavy atom. The molecule has 1 aromatic heterocycles. The van der Waals surface area contributed by atoms with E-state index in [1.54, 1.807) is 0 Å². The van der Waals surface area contributed by atoms with E-state index in [1.165, 1.54) is 24.1 Å². The topological polar surface area (TPSA) is 53.4 Å². The van der Waals surface area contributed by atoms with Crippen LogP contribution < -0.4 is 5.32 Å². The Morgan fingerprint density at radius 3 is 2.91 bits per heavy atom. The molecule has 2 fully saturated rings. The summed E-state index contributed by atoms with van der Waals surface area (Å²) in [7, 11) is 4.21. The lowest BCUT2D eigenvalue weighted by molar-refractivity contribution is 0.183. The van der Waals surface area contributed by atoms with E-state index < -0.39 is 0 Å². The third-order valence-electron chi connectivity index (χ3n) is 6.11. The summed E-state index contributed by atoms with van der Waals surface area (Å²) in [6.07, 6.45) is 8.74. The van der Waals surface area contributed by atoms with Gasteiger partial charge in [0.1, 0.15) is 0 Å². The number of hydrogen-bond acceptors (Lipinski definition) is 3. The lowest BCUT2D eigenvalue weighted by Gasteiger charge is -2.30. The molecule has 2 bridgehead atoms. The standard InChI is InChI=1S/C17H27N5O/c1-20-12-6-7-13(20)11-22(9-8-12)17(23)19-15-4-3-5-16-14(15)10-18-21(16)2/h10,12-13,15H,3-9,11H2,1-2H3,(H,19,23)/t12-,13-,15+/m0/s1. The monoisotopic (exact) mass is 317 g/mol. The van der Waals surface area contributed by atoms with E-state index in [9.17, 15) is 4.79 Å². The van der Waals surface area contributed by atoms with E-state index in [2.05, 4.69) is 22.4 Å². The molecule has 23 heavy (non-hydrogen) atoms. The Kier molecular flexibility index (Phi) is 3.79. The molecule has 3 aliphatic rings. The van der Waals surface area contributed by atoms with Gasteiger partial charge in [0, 0.05) is 43.5 Å². The molecule has 4 rings (SSSR count). The first kappa shape index (κ1) is 15.0. The van der Waals surface area contributed by atoms with Gasteiger partial charge in [0.2, 0.25) is 0 Å². The molecule has 1 aliphatic carbocycles. The van der Waals surface area contributed by atoms with Crippen LogP contribution in [0.4, 0.5) is 4.79 Å². The number of nitrogens with one attached hydrogen (secondary N) is 1. The van der Waals surface area contributed by atoms with E-state index >= 15 is 0 Å². The molecule has 0 saturated carbocycles. The van der Waals surface area contributed by atoms with Crippen LogP contribution in [0, 0.1) is 0 Å². The average molecular weight is 317 g/mol. The fraction of sp³-hybridized carbons (Fsp3) is 0.765. The third-order valence-corrected chi connectivity index (χ3v) is 6.11. The van der Waals surface area contributed by atoms with Crippen molar-refractivity contribution in [3.8, 4) is 0 Å². The summed E-state index contributed by atoms with van der Waals surface area (Å²) in [6, 6.07) is 1.43. The van der Waals surface area contributed by atoms with Gasteiger partial charge in [0.05, 0.1) is 12.2 Å². The number of hydrogen-bond donors (Lipinski definition) is 1. The summed E-state index contributed by atoms with van der Waals surface area (Å²) < 4.78 is 1.95. The van der Waals surface area contributed by atoms with Crippen molar-refractivity contribution in [1.29, 1.82) is 0 Å². The summed E-state index contributed by atoms with van der Waals surface area (Å²) >= 11 is 0. The van der Waals surface area contributed by atoms with E-state index in [4.69, 9.17) is 0 Å². The Bertz CT molecular complexity index is 598. The normalized spacial score (nSPS) is 30.9. The summed E-state index contributed by atoms with van der Waals surface area (Å²) in [5.41, 5.74) is 2.48. The molecule has 0 aromatic carbocycles. The van der Waals surface area contributed by atoms with Crippen molar-refractivity contribution in [3.63, 3.8) is 0 Å². The van der Waals surface area contributed by atoms with Crippen LogP contribution in [0.5, 0.6) is 0 Å². The number of carbonyl (C=O) groups excluding carboxylic acids is 1. The van der Waals surface area contributed by atoms with Crippen molar-refractivity contribution < 1.29 is 4.79 Å². The summed E-state index contributed by atoms with van der Waals surface area (Å²) in [5, 5.41) is 7.64. The zero-order valence-electron chi connectivity index (χ0n) is 14.2. The van der Waals surface area contributed by atoms with E-state index in [0.29, 0.717) is 12.1 Å². The van der Waals surface area contributed by atoms with Crippen molar-refractivity contribution in [1.82, 2.24) is 24.9 Å². The molecular weight excluding hydrogens is 290 g/mol. The van der Waals surface area contributed by atoms with Gasteiger partial charge in [-0.1, -0.05) is 0 Å². The molecule has 3 heterocycles. The maximum Gasteiger partial charge on any atom is 0.317 e. The number of likely N-dealkylation sites (N-methyl/N-ethyl adjacent to an activating group) is 1. The van der Waals surface area contributed by atoms with Crippen LogP contribution in [-0.2, 0) is 13.5 Å². The average Bonchev–Trinajstić information content (AvgIpc) is 3.01. The second-order valence-electron chi connectivity index (χ2n) is 7.35. The zero-order chi connectivity index (χ0) is 16.0. The number of rotatable bonds is 1. The summed E-state index contributed by atoms with van der Waals surface area (Å²) in [4.78, 5) is 17.3. The van der Waals surface area contributed by atoms with Gasteiger partial charge >= 0.3 is 6.03 Å². The largest absolute Gasteiger partial charge is 0.331 e. The quantitative estimate of drug-likeness (QED) is 0.857. The fourth-order valence-electron chi connectivity index (χ4n) is 4.59. The first-order valence-corrected chi connectivity index (χ1v) is 8.91. The van der Waals surface area contributed by atoms with Gasteiger partial charge in [-0.05, 0) is 45.6 Å². The highest BCUT2D eigenvalue weighted by Crippen LogP contribution is 2.31. The number of amides is 2. The second-order valence-corrected chi connectivity index (χ2v) is 7.35. The minimum absolute atomic E-state index is 0.104. The van der Waals surface area contributed by atoms with Crippen LogP contribution in [0.15, 0.2) is 6.20 Å². The lowest BCUT2D eigenvalue weighted by Crippen LogP contribution is -2.46. The summed E-state index contributed by atoms with van der Waals surface area (Å²) in [6.45, 7) is 1.75. The fourth-order valence-corrected chi connectivity index (χ4v) is 4.59. The second kappa shape index (κ2) is 5.82. The molecule has 0 spiro atoms. The van der Waals surface area contributed by atoms with Crippen LogP contribution in [0.2, 0.25) is 0 Å². The molecule has 6 nitrogen and oxygen atoms in total. The van der Waals surface area contributed by atoms with Crippen LogP contribution >= 0.6 is 0 Å². The maximum atomic E-state index is 12.8. The molecule has 1 aromatic rings. The maximum absolute atomic E-state index is 12.8. The van der Waals surface area contributed by atoms with Gasteiger partial charge in [0.15, 0.2) is 0 Å². The highest BCUT2D eigenvalue weighted by molar-refractivity contribution is 5.75. The van der Waals surface area contributed by atoms with Crippen molar-refractivity contribution in [2.24, 2.45) is 7.05 Å². The number of carbonyl (C=O) groups is 1. The molecule has 3 atom stereocenters. The Morgan fingerprint density at radius 2 is 2.04 bits per heavy atom. The van der Waals surface area contributed by atoms with E-state index in [1.807, 2.05) is 22.8 Å². The number of urea groups is 1. The SMILES string of the molecule is CN1[C@H]2CC[C@H]1CN(C(=O)N[C@@H]1CCCc3c1cnn3C)CC2. The van der Waals surface area contributed by atoms with Crippen molar-refractivity contribution in [2.75, 3.05) is 20.1 Å². The van der Waals surface area contributed by atoms with E-state index in [0.717, 1.165) is 38.8 Å². The Hall–Kier alpha value is -1.56. The molecule has 2 amide bonds. The van der Waals surface area contributed by atoms with Crippen LogP contribution in [0.25, 0.3) is 0 Å². The van der Waals surface area contributed by atoms with Crippen LogP contribution in [-0.4, -0.2) is 57.8 Å². The lowest BCUT2D eigenvalue weighted by atomic mass is 9.93. The van der Waals surface area contributed by atoms with Crippen molar-refractivity contribution in [3.05, 3.63) is 17.5 Å². The summed E-state index contributed by atoms with van der Waals surface area (Å²) in [5.74, 6) is 0. The molecular formula is C17H27N5O. The number of aromatic nitrogens is 2. The molecule has 0 radical (unpaired) electrons. The van der Waals surface area contributed by atoms with Gasteiger partial charge in [-0.15, -0.1) is 0 Å². The smallest absolute Gasteiger partial charge is 0.317 e. The van der Waals surface area contributed by atoms with Gasteiger partial charge in [-0.25, -0.2) is 4.79 Å². The number of fused-ring (bicyclic) bond motifs is 3. The van der Waals surface area contributed by atoms with E-state index in [-0.39, 0.29) is 12.1 Å². The number of likely N-dealkylation sites (tertiary alicyclic amines) is 1. The first-order valence-electron chi connectivity index (χ1n) is 8.91. The Balaban J connectivity index is 1.44. The predicted octanol–water partition coefficient (Wildman–Crippen LogP) is 1.68. The first-order chi connectivity index (χ1) is 11.1. The highest BCUT2D eigenvalue weighted by atomic mass is 16.2.